The Balaban J connectivity index is 0.00000200. The van der Waals surface area contributed by atoms with Crippen LogP contribution in [0.25, 0.3) is 10.1 Å². The Morgan fingerprint density at radius 1 is 1.35 bits per heavy atom. The molecular formula is C15H22BrN3S. The monoisotopic (exact) mass is 355 g/mol. The summed E-state index contributed by atoms with van der Waals surface area (Å²) in [4.78, 5) is 5.63. The summed E-state index contributed by atoms with van der Waals surface area (Å²) in [5, 5.41) is 4.43. The van der Waals surface area contributed by atoms with Gasteiger partial charge in [-0.25, -0.2) is 4.99 Å². The zero-order valence-corrected chi connectivity index (χ0v) is 14.5. The Morgan fingerprint density at radius 3 is 2.80 bits per heavy atom. The topological polar surface area (TPSA) is 50.4 Å². The highest BCUT2D eigenvalue weighted by molar-refractivity contribution is 8.93. The van der Waals surface area contributed by atoms with Crippen molar-refractivity contribution >= 4 is 44.4 Å². The molecule has 2 aromatic rings. The lowest BCUT2D eigenvalue weighted by atomic mass is 10.1. The number of hydrogen-bond acceptors (Lipinski definition) is 2. The molecule has 0 amide bonds. The van der Waals surface area contributed by atoms with Crippen LogP contribution in [0.1, 0.15) is 25.1 Å². The SMILES string of the molecule is Br.CC(C)CCNC(N)=NCc1cc2ccccc2s1. The van der Waals surface area contributed by atoms with Gasteiger partial charge in [-0.15, -0.1) is 28.3 Å². The van der Waals surface area contributed by atoms with Gasteiger partial charge in [-0.3, -0.25) is 0 Å². The predicted octanol–water partition coefficient (Wildman–Crippen LogP) is 3.93. The van der Waals surface area contributed by atoms with E-state index in [2.05, 4.69) is 54.5 Å². The van der Waals surface area contributed by atoms with Crippen molar-refractivity contribution in [2.75, 3.05) is 6.54 Å². The van der Waals surface area contributed by atoms with E-state index >= 15 is 0 Å². The van der Waals surface area contributed by atoms with Gasteiger partial charge in [0.1, 0.15) is 0 Å². The molecule has 0 fully saturated rings. The molecule has 0 spiro atoms. The molecule has 2 rings (SSSR count). The van der Waals surface area contributed by atoms with E-state index in [4.69, 9.17) is 5.73 Å². The largest absolute Gasteiger partial charge is 0.370 e. The average molecular weight is 356 g/mol. The van der Waals surface area contributed by atoms with E-state index in [1.165, 1.54) is 15.0 Å². The second kappa shape index (κ2) is 8.27. The minimum absolute atomic E-state index is 0. The fourth-order valence-corrected chi connectivity index (χ4v) is 2.81. The third kappa shape index (κ3) is 5.13. The van der Waals surface area contributed by atoms with Crippen molar-refractivity contribution in [3.05, 3.63) is 35.2 Å². The standard InChI is InChI=1S/C15H21N3S.BrH/c1-11(2)7-8-17-15(16)18-10-13-9-12-5-3-4-6-14(12)19-13;/h3-6,9,11H,7-8,10H2,1-2H3,(H3,16,17,18);1H. The van der Waals surface area contributed by atoms with Crippen LogP contribution in [0.2, 0.25) is 0 Å². The van der Waals surface area contributed by atoms with Gasteiger partial charge in [-0.05, 0) is 29.9 Å². The van der Waals surface area contributed by atoms with E-state index in [0.717, 1.165) is 13.0 Å². The summed E-state index contributed by atoms with van der Waals surface area (Å²) in [5.41, 5.74) is 5.85. The molecule has 0 saturated carbocycles. The number of fused-ring (bicyclic) bond motifs is 1. The number of hydrogen-bond donors (Lipinski definition) is 2. The van der Waals surface area contributed by atoms with Crippen molar-refractivity contribution in [2.45, 2.75) is 26.8 Å². The van der Waals surface area contributed by atoms with Crippen LogP contribution < -0.4 is 11.1 Å². The first-order valence-corrected chi connectivity index (χ1v) is 7.48. The molecule has 3 nitrogen and oxygen atoms in total. The summed E-state index contributed by atoms with van der Waals surface area (Å²) in [5.74, 6) is 1.22. The predicted molar refractivity (Wildman–Crippen MR) is 94.9 cm³/mol. The summed E-state index contributed by atoms with van der Waals surface area (Å²) < 4.78 is 1.30. The van der Waals surface area contributed by atoms with Crippen molar-refractivity contribution < 1.29 is 0 Å². The zero-order chi connectivity index (χ0) is 13.7. The highest BCUT2D eigenvalue weighted by Crippen LogP contribution is 2.25. The number of rotatable bonds is 5. The Kier molecular flexibility index (Phi) is 7.02. The van der Waals surface area contributed by atoms with Gasteiger partial charge in [0.05, 0.1) is 6.54 Å². The molecule has 0 aliphatic heterocycles. The number of nitrogens with one attached hydrogen (secondary N) is 1. The molecule has 3 N–H and O–H groups in total. The van der Waals surface area contributed by atoms with E-state index in [1.54, 1.807) is 11.3 Å². The van der Waals surface area contributed by atoms with E-state index in [-0.39, 0.29) is 17.0 Å². The fourth-order valence-electron chi connectivity index (χ4n) is 1.82. The maximum atomic E-state index is 5.85. The Morgan fingerprint density at radius 2 is 2.10 bits per heavy atom. The molecule has 0 unspecified atom stereocenters. The lowest BCUT2D eigenvalue weighted by Gasteiger charge is -2.06. The highest BCUT2D eigenvalue weighted by Gasteiger charge is 2.00. The van der Waals surface area contributed by atoms with Crippen LogP contribution in [0.15, 0.2) is 35.3 Å². The maximum absolute atomic E-state index is 5.85. The quantitative estimate of drug-likeness (QED) is 0.630. The van der Waals surface area contributed by atoms with Gasteiger partial charge in [0.15, 0.2) is 5.96 Å². The molecule has 0 radical (unpaired) electrons. The minimum atomic E-state index is 0. The molecule has 110 valence electrons. The second-order valence-corrected chi connectivity index (χ2v) is 6.23. The Bertz CT molecular complexity index is 530. The second-order valence-electron chi connectivity index (χ2n) is 5.06. The van der Waals surface area contributed by atoms with Gasteiger partial charge >= 0.3 is 0 Å². The number of guanidine groups is 1. The van der Waals surface area contributed by atoms with Gasteiger partial charge < -0.3 is 11.1 Å². The van der Waals surface area contributed by atoms with Crippen LogP contribution in [-0.2, 0) is 6.54 Å². The summed E-state index contributed by atoms with van der Waals surface area (Å²) in [6.07, 6.45) is 1.11. The smallest absolute Gasteiger partial charge is 0.188 e. The van der Waals surface area contributed by atoms with Crippen LogP contribution in [0.5, 0.6) is 0 Å². The number of nitrogens with zero attached hydrogens (tertiary/aromatic N) is 1. The van der Waals surface area contributed by atoms with Gasteiger partial charge in [0.2, 0.25) is 0 Å². The van der Waals surface area contributed by atoms with Crippen molar-refractivity contribution in [1.82, 2.24) is 5.32 Å². The number of aliphatic imine (C=N–C) groups is 1. The summed E-state index contributed by atoms with van der Waals surface area (Å²) in [7, 11) is 0. The van der Waals surface area contributed by atoms with E-state index in [0.29, 0.717) is 18.4 Å². The van der Waals surface area contributed by atoms with Crippen LogP contribution in [0.3, 0.4) is 0 Å². The van der Waals surface area contributed by atoms with Crippen LogP contribution in [0.4, 0.5) is 0 Å². The molecule has 0 bridgehead atoms. The number of nitrogens with two attached hydrogens (primary N) is 1. The molecule has 1 heterocycles. The van der Waals surface area contributed by atoms with Crippen LogP contribution in [0, 0.1) is 5.92 Å². The van der Waals surface area contributed by atoms with Crippen LogP contribution >= 0.6 is 28.3 Å². The molecule has 20 heavy (non-hydrogen) atoms. The van der Waals surface area contributed by atoms with E-state index in [9.17, 15) is 0 Å². The first-order valence-electron chi connectivity index (χ1n) is 6.66. The van der Waals surface area contributed by atoms with Crippen LogP contribution in [-0.4, -0.2) is 12.5 Å². The van der Waals surface area contributed by atoms with Gasteiger partial charge in [0.25, 0.3) is 0 Å². The molecular weight excluding hydrogens is 334 g/mol. The van der Waals surface area contributed by atoms with Crippen molar-refractivity contribution in [3.63, 3.8) is 0 Å². The lowest BCUT2D eigenvalue weighted by molar-refractivity contribution is 0.576. The van der Waals surface area contributed by atoms with Crippen molar-refractivity contribution in [1.29, 1.82) is 0 Å². The molecule has 0 aliphatic carbocycles. The average Bonchev–Trinajstić information content (AvgIpc) is 2.78. The Hall–Kier alpha value is -1.07. The molecule has 0 saturated heterocycles. The van der Waals surface area contributed by atoms with E-state index in [1.807, 2.05) is 0 Å². The molecule has 1 aromatic heterocycles. The number of benzene rings is 1. The summed E-state index contributed by atoms with van der Waals surface area (Å²) >= 11 is 1.78. The van der Waals surface area contributed by atoms with Gasteiger partial charge in [-0.2, -0.15) is 0 Å². The number of thiophene rings is 1. The normalized spacial score (nSPS) is 11.7. The summed E-state index contributed by atoms with van der Waals surface area (Å²) in [6.45, 7) is 5.94. The lowest BCUT2D eigenvalue weighted by Crippen LogP contribution is -2.32. The van der Waals surface area contributed by atoms with E-state index < -0.39 is 0 Å². The van der Waals surface area contributed by atoms with Crippen molar-refractivity contribution in [2.24, 2.45) is 16.6 Å². The fraction of sp³-hybridized carbons (Fsp3) is 0.400. The molecule has 0 aliphatic rings. The first-order chi connectivity index (χ1) is 9.15. The van der Waals surface area contributed by atoms with Crippen molar-refractivity contribution in [3.8, 4) is 0 Å². The third-order valence-electron chi connectivity index (χ3n) is 2.91. The molecule has 5 heteroatoms. The minimum Gasteiger partial charge on any atom is -0.370 e. The number of halogens is 1. The first kappa shape index (κ1) is 17.0. The zero-order valence-electron chi connectivity index (χ0n) is 11.9. The molecule has 0 atom stereocenters. The summed E-state index contributed by atoms with van der Waals surface area (Å²) in [6, 6.07) is 10.6. The van der Waals surface area contributed by atoms with Gasteiger partial charge in [0, 0.05) is 16.1 Å². The molecule has 1 aromatic carbocycles. The van der Waals surface area contributed by atoms with Gasteiger partial charge in [-0.1, -0.05) is 32.0 Å². The Labute approximate surface area is 135 Å². The highest BCUT2D eigenvalue weighted by atomic mass is 79.9. The third-order valence-corrected chi connectivity index (χ3v) is 4.01. The maximum Gasteiger partial charge on any atom is 0.188 e.